The van der Waals surface area contributed by atoms with Crippen molar-refractivity contribution in [3.05, 3.63) is 60.7 Å². The number of benzene rings is 3. The van der Waals surface area contributed by atoms with Crippen molar-refractivity contribution in [3.8, 4) is 0 Å². The number of rotatable bonds is 2. The Labute approximate surface area is 154 Å². The van der Waals surface area contributed by atoms with E-state index in [2.05, 4.69) is 78.9 Å². The summed E-state index contributed by atoms with van der Waals surface area (Å²) < 4.78 is 12.1. The summed E-state index contributed by atoms with van der Waals surface area (Å²) in [5, 5.41) is 9.75. The highest BCUT2D eigenvalue weighted by atomic mass is 16.7. The lowest BCUT2D eigenvalue weighted by atomic mass is 9.58. The van der Waals surface area contributed by atoms with Crippen LogP contribution in [-0.4, -0.2) is 26.3 Å². The average Bonchev–Trinajstić information content (AvgIpc) is 3.01. The lowest BCUT2D eigenvalue weighted by molar-refractivity contribution is 0.187. The van der Waals surface area contributed by atoms with E-state index in [-0.39, 0.29) is 26.3 Å². The standard InChI is InChI=1S/C20H20B2N2O2/c1-13-14(2)26-22(25-13)17-10-4-3-9-16(17)21-23-18-11-5-7-15-8-6-12-19(24-21)20(15)18/h3-14,23-24H,1-2H3. The summed E-state index contributed by atoms with van der Waals surface area (Å²) in [6.45, 7) is 4.08. The average molecular weight is 342 g/mol. The highest BCUT2D eigenvalue weighted by Crippen LogP contribution is 2.33. The van der Waals surface area contributed by atoms with Gasteiger partial charge in [-0.15, -0.1) is 0 Å². The molecule has 2 unspecified atom stereocenters. The molecule has 0 bridgehead atoms. The van der Waals surface area contributed by atoms with Gasteiger partial charge in [0.2, 0.25) is 0 Å². The van der Waals surface area contributed by atoms with E-state index >= 15 is 0 Å². The second-order valence-corrected chi connectivity index (χ2v) is 7.07. The minimum absolute atomic E-state index is 0.0369. The molecule has 0 saturated carbocycles. The van der Waals surface area contributed by atoms with Gasteiger partial charge >= 0.3 is 14.1 Å². The van der Waals surface area contributed by atoms with Crippen LogP contribution in [0.3, 0.4) is 0 Å². The molecular weight excluding hydrogens is 322 g/mol. The molecule has 2 aliphatic heterocycles. The van der Waals surface area contributed by atoms with Crippen LogP contribution < -0.4 is 21.4 Å². The second-order valence-electron chi connectivity index (χ2n) is 7.07. The third-order valence-corrected chi connectivity index (χ3v) is 5.40. The highest BCUT2D eigenvalue weighted by Gasteiger charge is 2.39. The van der Waals surface area contributed by atoms with E-state index in [1.54, 1.807) is 0 Å². The molecule has 0 amide bonds. The molecule has 2 aliphatic rings. The predicted molar refractivity (Wildman–Crippen MR) is 110 cm³/mol. The highest BCUT2D eigenvalue weighted by molar-refractivity contribution is 6.85. The first kappa shape index (κ1) is 15.8. The first-order chi connectivity index (χ1) is 12.7. The zero-order chi connectivity index (χ0) is 17.7. The quantitative estimate of drug-likeness (QED) is 0.703. The van der Waals surface area contributed by atoms with Gasteiger partial charge in [0.15, 0.2) is 0 Å². The number of nitrogens with one attached hydrogen (secondary N) is 2. The Morgan fingerprint density at radius 1 is 0.731 bits per heavy atom. The van der Waals surface area contributed by atoms with Crippen molar-refractivity contribution in [2.75, 3.05) is 10.5 Å². The van der Waals surface area contributed by atoms with Crippen molar-refractivity contribution in [2.24, 2.45) is 0 Å². The fourth-order valence-electron chi connectivity index (χ4n) is 3.86. The van der Waals surface area contributed by atoms with Gasteiger partial charge in [-0.25, -0.2) is 0 Å². The summed E-state index contributed by atoms with van der Waals surface area (Å²) >= 11 is 0. The van der Waals surface area contributed by atoms with E-state index in [1.165, 1.54) is 10.8 Å². The molecule has 1 saturated heterocycles. The maximum absolute atomic E-state index is 6.04. The third kappa shape index (κ3) is 2.49. The molecule has 0 radical (unpaired) electrons. The Kier molecular flexibility index (Phi) is 3.69. The van der Waals surface area contributed by atoms with E-state index in [0.29, 0.717) is 0 Å². The number of hydrogen-bond donors (Lipinski definition) is 2. The van der Waals surface area contributed by atoms with Crippen molar-refractivity contribution < 1.29 is 9.31 Å². The fourth-order valence-corrected chi connectivity index (χ4v) is 3.86. The van der Waals surface area contributed by atoms with Gasteiger partial charge in [-0.3, -0.25) is 0 Å². The van der Waals surface area contributed by atoms with Crippen molar-refractivity contribution in [1.29, 1.82) is 0 Å². The SMILES string of the molecule is CC1OB(c2ccccc2B2Nc3cccc4cccc(c34)N2)OC1C. The van der Waals surface area contributed by atoms with Gasteiger partial charge in [0.05, 0.1) is 12.2 Å². The van der Waals surface area contributed by atoms with E-state index in [9.17, 15) is 0 Å². The molecule has 5 rings (SSSR count). The van der Waals surface area contributed by atoms with Crippen molar-refractivity contribution in [3.63, 3.8) is 0 Å². The maximum Gasteiger partial charge on any atom is 0.494 e. The Balaban J connectivity index is 1.54. The van der Waals surface area contributed by atoms with Crippen LogP contribution in [0.25, 0.3) is 10.8 Å². The fraction of sp³-hybridized carbons (Fsp3) is 0.200. The van der Waals surface area contributed by atoms with Gasteiger partial charge in [0.1, 0.15) is 0 Å². The van der Waals surface area contributed by atoms with Crippen LogP contribution in [0.15, 0.2) is 60.7 Å². The number of anilines is 2. The molecule has 3 aromatic rings. The van der Waals surface area contributed by atoms with Crippen LogP contribution in [0.1, 0.15) is 13.8 Å². The zero-order valence-corrected chi connectivity index (χ0v) is 14.9. The molecule has 0 aliphatic carbocycles. The minimum atomic E-state index is -0.326. The summed E-state index contributed by atoms with van der Waals surface area (Å²) in [5.41, 5.74) is 4.50. The minimum Gasteiger partial charge on any atom is -0.405 e. The van der Waals surface area contributed by atoms with Gasteiger partial charge in [0, 0.05) is 16.8 Å². The molecule has 3 aromatic carbocycles. The summed E-state index contributed by atoms with van der Waals surface area (Å²) in [6.07, 6.45) is 0.185. The maximum atomic E-state index is 6.04. The van der Waals surface area contributed by atoms with E-state index < -0.39 is 0 Å². The molecule has 0 aromatic heterocycles. The van der Waals surface area contributed by atoms with Gasteiger partial charge in [0.25, 0.3) is 0 Å². The third-order valence-electron chi connectivity index (χ3n) is 5.40. The van der Waals surface area contributed by atoms with E-state index in [0.717, 1.165) is 22.3 Å². The molecule has 4 nitrogen and oxygen atoms in total. The predicted octanol–water partition coefficient (Wildman–Crippen LogP) is 2.59. The van der Waals surface area contributed by atoms with Crippen molar-refractivity contribution >= 4 is 47.2 Å². The summed E-state index contributed by atoms with van der Waals surface area (Å²) in [6, 6.07) is 21.1. The first-order valence-electron chi connectivity index (χ1n) is 9.15. The molecule has 0 spiro atoms. The van der Waals surface area contributed by atoms with Crippen molar-refractivity contribution in [2.45, 2.75) is 26.1 Å². The Morgan fingerprint density at radius 3 is 1.92 bits per heavy atom. The molecule has 2 heterocycles. The molecule has 128 valence electrons. The van der Waals surface area contributed by atoms with Gasteiger partial charge in [-0.1, -0.05) is 48.5 Å². The summed E-state index contributed by atoms with van der Waals surface area (Å²) in [5.74, 6) is 0. The smallest absolute Gasteiger partial charge is 0.405 e. The topological polar surface area (TPSA) is 42.5 Å². The van der Waals surface area contributed by atoms with Crippen molar-refractivity contribution in [1.82, 2.24) is 0 Å². The Hall–Kier alpha value is -2.43. The van der Waals surface area contributed by atoms with Gasteiger partial charge < -0.3 is 19.8 Å². The molecule has 1 fully saturated rings. The number of hydrogen-bond acceptors (Lipinski definition) is 4. The Bertz CT molecular complexity index is 930. The van der Waals surface area contributed by atoms with Crippen LogP contribution in [0.4, 0.5) is 11.4 Å². The second kappa shape index (κ2) is 6.08. The van der Waals surface area contributed by atoms with Gasteiger partial charge in [-0.05, 0) is 42.3 Å². The first-order valence-corrected chi connectivity index (χ1v) is 9.15. The molecular formula is C20H20B2N2O2. The molecule has 26 heavy (non-hydrogen) atoms. The van der Waals surface area contributed by atoms with E-state index in [4.69, 9.17) is 9.31 Å². The van der Waals surface area contributed by atoms with E-state index in [1.807, 2.05) is 6.07 Å². The lowest BCUT2D eigenvalue weighted by Gasteiger charge is -2.28. The molecule has 2 atom stereocenters. The summed E-state index contributed by atoms with van der Waals surface area (Å²) in [4.78, 5) is 0. The van der Waals surface area contributed by atoms with Gasteiger partial charge in [-0.2, -0.15) is 0 Å². The zero-order valence-electron chi connectivity index (χ0n) is 14.9. The lowest BCUT2D eigenvalue weighted by Crippen LogP contribution is -2.57. The van der Waals surface area contributed by atoms with Crippen LogP contribution in [-0.2, 0) is 9.31 Å². The van der Waals surface area contributed by atoms with Crippen LogP contribution in [0.2, 0.25) is 0 Å². The Morgan fingerprint density at radius 2 is 1.31 bits per heavy atom. The molecule has 6 heteroatoms. The largest absolute Gasteiger partial charge is 0.494 e. The van der Waals surface area contributed by atoms with Crippen LogP contribution in [0.5, 0.6) is 0 Å². The van der Waals surface area contributed by atoms with Crippen LogP contribution in [0, 0.1) is 0 Å². The molecule has 2 N–H and O–H groups in total. The van der Waals surface area contributed by atoms with Crippen LogP contribution >= 0.6 is 0 Å². The summed E-state index contributed by atoms with van der Waals surface area (Å²) in [7, 11) is -0.326. The monoisotopic (exact) mass is 342 g/mol. The normalized spacial score (nSPS) is 21.6.